The van der Waals surface area contributed by atoms with Crippen LogP contribution in [0.25, 0.3) is 10.2 Å². The topological polar surface area (TPSA) is 128 Å². The number of carbonyl (C=O) groups excluding carboxylic acids is 1. The van der Waals surface area contributed by atoms with Crippen LogP contribution >= 0.6 is 11.3 Å². The van der Waals surface area contributed by atoms with E-state index in [2.05, 4.69) is 10.3 Å². The van der Waals surface area contributed by atoms with Crippen LogP contribution in [0.2, 0.25) is 0 Å². The number of thiazole rings is 1. The van der Waals surface area contributed by atoms with Crippen LogP contribution in [-0.4, -0.2) is 38.3 Å². The number of sulfone groups is 1. The zero-order chi connectivity index (χ0) is 28.2. The first-order valence-corrected chi connectivity index (χ1v) is 14.6. The summed E-state index contributed by atoms with van der Waals surface area (Å²) in [6, 6.07) is 17.9. The zero-order valence-corrected chi connectivity index (χ0v) is 23.4. The summed E-state index contributed by atoms with van der Waals surface area (Å²) in [5.74, 6) is 0.912. The first-order valence-electron chi connectivity index (χ1n) is 12.1. The van der Waals surface area contributed by atoms with Crippen molar-refractivity contribution in [2.75, 3.05) is 18.2 Å². The largest absolute Gasteiger partial charge is 0.493 e. The summed E-state index contributed by atoms with van der Waals surface area (Å²) < 4.78 is 42.7. The van der Waals surface area contributed by atoms with Crippen LogP contribution in [0, 0.1) is 11.3 Å². The number of rotatable bonds is 10. The lowest BCUT2D eigenvalue weighted by atomic mass is 10.1. The Hall–Kier alpha value is -4.14. The molecule has 1 unspecified atom stereocenters. The van der Waals surface area contributed by atoms with Crippen molar-refractivity contribution in [2.45, 2.75) is 37.9 Å². The molecule has 3 aromatic carbocycles. The summed E-state index contributed by atoms with van der Waals surface area (Å²) in [6.07, 6.45) is -1.24. The normalized spacial score (nSPS) is 12.1. The maximum absolute atomic E-state index is 13.5. The van der Waals surface area contributed by atoms with Crippen molar-refractivity contribution in [3.63, 3.8) is 0 Å². The summed E-state index contributed by atoms with van der Waals surface area (Å²) in [4.78, 5) is 18.2. The molecule has 1 N–H and O–H groups in total. The van der Waals surface area contributed by atoms with Crippen molar-refractivity contribution in [1.82, 2.24) is 4.98 Å². The quantitative estimate of drug-likeness (QED) is 0.266. The van der Waals surface area contributed by atoms with Crippen LogP contribution in [0.5, 0.6) is 17.2 Å². The Morgan fingerprint density at radius 3 is 2.33 bits per heavy atom. The number of aromatic nitrogens is 1. The minimum atomic E-state index is -3.41. The van der Waals surface area contributed by atoms with Crippen molar-refractivity contribution < 1.29 is 27.4 Å². The van der Waals surface area contributed by atoms with E-state index < -0.39 is 21.8 Å². The van der Waals surface area contributed by atoms with Gasteiger partial charge in [0.2, 0.25) is 6.10 Å². The molecule has 0 saturated heterocycles. The Balaban J connectivity index is 1.68. The maximum atomic E-state index is 13.5. The molecule has 0 radical (unpaired) electrons. The van der Waals surface area contributed by atoms with Crippen molar-refractivity contribution in [3.8, 4) is 23.3 Å². The van der Waals surface area contributed by atoms with Crippen LogP contribution < -0.4 is 19.5 Å². The zero-order valence-electron chi connectivity index (χ0n) is 21.8. The Labute approximate surface area is 230 Å². The lowest BCUT2D eigenvalue weighted by Crippen LogP contribution is -2.25. The van der Waals surface area contributed by atoms with Crippen LogP contribution in [-0.2, 0) is 14.6 Å². The number of amides is 1. The van der Waals surface area contributed by atoms with Crippen molar-refractivity contribution in [1.29, 1.82) is 5.26 Å². The Bertz CT molecular complexity index is 1620. The molecule has 9 nitrogen and oxygen atoms in total. The van der Waals surface area contributed by atoms with E-state index in [0.717, 1.165) is 4.70 Å². The first kappa shape index (κ1) is 27.9. The number of ether oxygens (including phenoxy) is 3. The molecule has 0 aliphatic rings. The number of hydrogen-bond acceptors (Lipinski definition) is 9. The maximum Gasteiger partial charge on any atom is 0.271 e. The second-order valence-corrected chi connectivity index (χ2v) is 12.0. The standard InChI is InChI=1S/C28H27N3O6S2/c1-5-39(33,34)21-12-8-19(9-13-21)24(37-20-10-6-18(16-29)7-11-20)27(32)31-28-30-22-14-15-23(35-4)25(26(22)38-28)36-17(2)3/h6-15,17,24H,5H2,1-4H3,(H,30,31,32). The second kappa shape index (κ2) is 11.7. The van der Waals surface area contributed by atoms with Gasteiger partial charge < -0.3 is 14.2 Å². The molecule has 1 aromatic heterocycles. The highest BCUT2D eigenvalue weighted by Gasteiger charge is 2.26. The van der Waals surface area contributed by atoms with Gasteiger partial charge in [0, 0.05) is 5.56 Å². The lowest BCUT2D eigenvalue weighted by molar-refractivity contribution is -0.123. The number of benzene rings is 3. The number of carbonyl (C=O) groups is 1. The highest BCUT2D eigenvalue weighted by atomic mass is 32.2. The smallest absolute Gasteiger partial charge is 0.271 e. The van der Waals surface area contributed by atoms with Gasteiger partial charge in [0.15, 0.2) is 26.5 Å². The van der Waals surface area contributed by atoms with E-state index in [1.807, 2.05) is 19.9 Å². The van der Waals surface area contributed by atoms with Gasteiger partial charge in [-0.2, -0.15) is 5.26 Å². The van der Waals surface area contributed by atoms with Crippen LogP contribution in [0.3, 0.4) is 0 Å². The molecule has 0 aliphatic heterocycles. The Kier molecular flexibility index (Phi) is 8.38. The monoisotopic (exact) mass is 565 g/mol. The van der Waals surface area contributed by atoms with Crippen molar-refractivity contribution >= 4 is 42.4 Å². The van der Waals surface area contributed by atoms with E-state index >= 15 is 0 Å². The third-order valence-electron chi connectivity index (χ3n) is 5.68. The first-order chi connectivity index (χ1) is 18.6. The Morgan fingerprint density at radius 1 is 1.05 bits per heavy atom. The van der Waals surface area contributed by atoms with E-state index in [4.69, 9.17) is 19.5 Å². The summed E-state index contributed by atoms with van der Waals surface area (Å²) in [5, 5.41) is 12.2. The predicted molar refractivity (Wildman–Crippen MR) is 149 cm³/mol. The Morgan fingerprint density at radius 2 is 1.74 bits per heavy atom. The molecule has 0 fully saturated rings. The molecule has 0 spiro atoms. The molecule has 1 heterocycles. The van der Waals surface area contributed by atoms with Gasteiger partial charge in [-0.1, -0.05) is 30.4 Å². The lowest BCUT2D eigenvalue weighted by Gasteiger charge is -2.19. The predicted octanol–water partition coefficient (Wildman–Crippen LogP) is 5.52. The summed E-state index contributed by atoms with van der Waals surface area (Å²) in [5.41, 5.74) is 1.52. The molecule has 4 rings (SSSR count). The molecule has 0 saturated carbocycles. The molecular weight excluding hydrogens is 538 g/mol. The van der Waals surface area contributed by atoms with Gasteiger partial charge in [-0.3, -0.25) is 10.1 Å². The molecule has 0 aliphatic carbocycles. The molecule has 1 amide bonds. The van der Waals surface area contributed by atoms with Gasteiger partial charge in [-0.15, -0.1) is 0 Å². The van der Waals surface area contributed by atoms with Crippen molar-refractivity contribution in [2.24, 2.45) is 0 Å². The average Bonchev–Trinajstić information content (AvgIpc) is 3.35. The van der Waals surface area contributed by atoms with Gasteiger partial charge in [-0.05, 0) is 62.4 Å². The number of nitrogens with zero attached hydrogens (tertiary/aromatic N) is 2. The van der Waals surface area contributed by atoms with E-state index in [1.54, 1.807) is 62.6 Å². The minimum Gasteiger partial charge on any atom is -0.493 e. The van der Waals surface area contributed by atoms with E-state index in [0.29, 0.717) is 39.0 Å². The average molecular weight is 566 g/mol. The summed E-state index contributed by atoms with van der Waals surface area (Å²) in [7, 11) is -1.86. The van der Waals surface area contributed by atoms with Gasteiger partial charge in [0.05, 0.1) is 41.0 Å². The van der Waals surface area contributed by atoms with Gasteiger partial charge in [-0.25, -0.2) is 13.4 Å². The SMILES string of the molecule is CCS(=O)(=O)c1ccc(C(Oc2ccc(C#N)cc2)C(=O)Nc2nc3ccc(OC)c(OC(C)C)c3s2)cc1. The number of methoxy groups -OCH3 is 1. The van der Waals surface area contributed by atoms with Crippen LogP contribution in [0.4, 0.5) is 5.13 Å². The number of fused-ring (bicyclic) bond motifs is 1. The second-order valence-electron chi connectivity index (χ2n) is 8.73. The third kappa shape index (κ3) is 6.30. The molecule has 4 aromatic rings. The third-order valence-corrected chi connectivity index (χ3v) is 8.41. The minimum absolute atomic E-state index is 0.0388. The number of nitriles is 1. The molecule has 202 valence electrons. The fourth-order valence-corrected chi connectivity index (χ4v) is 5.55. The highest BCUT2D eigenvalue weighted by molar-refractivity contribution is 7.91. The van der Waals surface area contributed by atoms with E-state index in [9.17, 15) is 13.2 Å². The van der Waals surface area contributed by atoms with Crippen LogP contribution in [0.1, 0.15) is 38.0 Å². The molecular formula is C28H27N3O6S2. The molecule has 39 heavy (non-hydrogen) atoms. The fraction of sp³-hybridized carbons (Fsp3) is 0.250. The van der Waals surface area contributed by atoms with Gasteiger partial charge in [0.25, 0.3) is 5.91 Å². The molecule has 1 atom stereocenters. The number of hydrogen-bond donors (Lipinski definition) is 1. The van der Waals surface area contributed by atoms with E-state index in [-0.39, 0.29) is 16.8 Å². The van der Waals surface area contributed by atoms with Crippen LogP contribution in [0.15, 0.2) is 65.6 Å². The highest BCUT2D eigenvalue weighted by Crippen LogP contribution is 2.41. The van der Waals surface area contributed by atoms with Crippen molar-refractivity contribution in [3.05, 3.63) is 71.8 Å². The van der Waals surface area contributed by atoms with Gasteiger partial charge in [0.1, 0.15) is 10.4 Å². The van der Waals surface area contributed by atoms with Gasteiger partial charge >= 0.3 is 0 Å². The summed E-state index contributed by atoms with van der Waals surface area (Å²) in [6.45, 7) is 5.38. The summed E-state index contributed by atoms with van der Waals surface area (Å²) >= 11 is 1.24. The molecule has 11 heteroatoms. The van der Waals surface area contributed by atoms with E-state index in [1.165, 1.54) is 23.5 Å². The number of nitrogens with one attached hydrogen (secondary N) is 1. The molecule has 0 bridgehead atoms. The fourth-order valence-electron chi connectivity index (χ4n) is 3.72. The number of anilines is 1.